The van der Waals surface area contributed by atoms with E-state index in [-0.39, 0.29) is 89.3 Å². The van der Waals surface area contributed by atoms with Crippen LogP contribution < -0.4 is 69.3 Å². The van der Waals surface area contributed by atoms with Gasteiger partial charge in [0.25, 0.3) is 0 Å². The Hall–Kier alpha value is 0.319. The van der Waals surface area contributed by atoms with Crippen molar-refractivity contribution in [1.82, 2.24) is 9.80 Å². The maximum absolute atomic E-state index is 10.5. The van der Waals surface area contributed by atoms with Gasteiger partial charge in [-0.1, -0.05) is 0 Å². The summed E-state index contributed by atoms with van der Waals surface area (Å²) in [5, 5.41) is 38.0. The summed E-state index contributed by atoms with van der Waals surface area (Å²) < 4.78 is 0. The predicted molar refractivity (Wildman–Crippen MR) is 58.2 cm³/mol. The van der Waals surface area contributed by atoms with Crippen LogP contribution in [0.5, 0.6) is 0 Å². The Morgan fingerprint density at radius 3 is 1.13 bits per heavy atom. The molecule has 0 atom stereocenters. The number of carboxylic acid groups (broad SMARTS) is 4. The topological polar surface area (TPSA) is 161 Å². The van der Waals surface area contributed by atoms with Crippen LogP contribution in [0.25, 0.3) is 0 Å². The van der Waals surface area contributed by atoms with Gasteiger partial charge in [-0.15, -0.1) is 0 Å². The van der Waals surface area contributed by atoms with Gasteiger partial charge in [0.05, 0.1) is 25.0 Å². The standard InChI is InChI=1S/C10H16N2O8.Mn.2Na/c13-7(14)3-11(4-8(15)16)1-2-12(5-9(17)18)6-10(19)20;;;/h1-6H2,(H,13,14)(H,15,16)(H,17,18)(H,19,20);;;/q;;2*+1/p-2. The van der Waals surface area contributed by atoms with Gasteiger partial charge in [0.2, 0.25) is 0 Å². The van der Waals surface area contributed by atoms with Gasteiger partial charge in [-0.05, 0) is 0 Å². The molecule has 0 bridgehead atoms. The minimum Gasteiger partial charge on any atom is -0.549 e. The molecule has 0 spiro atoms. The maximum atomic E-state index is 10.5. The molecule has 0 aliphatic heterocycles. The van der Waals surface area contributed by atoms with E-state index in [4.69, 9.17) is 10.2 Å². The molecule has 0 rings (SSSR count). The fourth-order valence-electron chi connectivity index (χ4n) is 1.46. The second-order valence-electron chi connectivity index (χ2n) is 3.95. The number of hydrogen-bond donors (Lipinski definition) is 2. The Morgan fingerprint density at radius 1 is 0.696 bits per heavy atom. The number of carboxylic acids is 4. The van der Waals surface area contributed by atoms with E-state index in [2.05, 4.69) is 0 Å². The molecule has 1 radical (unpaired) electrons. The molecular weight excluding hydrogens is 377 g/mol. The van der Waals surface area contributed by atoms with Crippen LogP contribution in [0.15, 0.2) is 0 Å². The van der Waals surface area contributed by atoms with Crippen molar-refractivity contribution in [2.45, 2.75) is 0 Å². The quantitative estimate of drug-likeness (QED) is 0.324. The third-order valence-electron chi connectivity index (χ3n) is 2.16. The molecule has 0 fully saturated rings. The average molecular weight is 391 g/mol. The summed E-state index contributed by atoms with van der Waals surface area (Å²) in [6.07, 6.45) is 0. The first kappa shape index (κ1) is 31.1. The first-order chi connectivity index (χ1) is 9.20. The molecule has 0 aliphatic rings. The summed E-state index contributed by atoms with van der Waals surface area (Å²) in [5.41, 5.74) is 0. The summed E-state index contributed by atoms with van der Waals surface area (Å²) in [5.74, 6) is -5.52. The van der Waals surface area contributed by atoms with E-state index < -0.39 is 50.1 Å². The molecule has 0 unspecified atom stereocenters. The fraction of sp³-hybridized carbons (Fsp3) is 0.600. The van der Waals surface area contributed by atoms with E-state index in [0.717, 1.165) is 9.80 Å². The Kier molecular flexibility index (Phi) is 23.2. The third kappa shape index (κ3) is 20.3. The van der Waals surface area contributed by atoms with Gasteiger partial charge < -0.3 is 30.0 Å². The number of carbonyl (C=O) groups is 4. The van der Waals surface area contributed by atoms with E-state index >= 15 is 0 Å². The van der Waals surface area contributed by atoms with Crippen LogP contribution in [0.4, 0.5) is 0 Å². The van der Waals surface area contributed by atoms with E-state index in [9.17, 15) is 29.4 Å². The predicted octanol–water partition coefficient (Wildman–Crippen LogP) is -10.7. The van der Waals surface area contributed by atoms with Crippen LogP contribution >= 0.6 is 0 Å². The number of hydrogen-bond acceptors (Lipinski definition) is 8. The third-order valence-corrected chi connectivity index (χ3v) is 2.16. The summed E-state index contributed by atoms with van der Waals surface area (Å²) in [7, 11) is 0. The fourth-order valence-corrected chi connectivity index (χ4v) is 1.46. The van der Waals surface area contributed by atoms with Crippen molar-refractivity contribution >= 4 is 23.9 Å². The van der Waals surface area contributed by atoms with Crippen LogP contribution in [-0.2, 0) is 36.2 Å². The van der Waals surface area contributed by atoms with Crippen molar-refractivity contribution < 1.29 is 116 Å². The second kappa shape index (κ2) is 17.2. The van der Waals surface area contributed by atoms with E-state index in [1.165, 1.54) is 0 Å². The van der Waals surface area contributed by atoms with Crippen molar-refractivity contribution in [1.29, 1.82) is 0 Å². The van der Waals surface area contributed by atoms with Crippen LogP contribution in [0.1, 0.15) is 0 Å². The monoisotopic (exact) mass is 391 g/mol. The molecule has 0 aromatic rings. The van der Waals surface area contributed by atoms with Crippen molar-refractivity contribution in [2.75, 3.05) is 39.3 Å². The Bertz CT molecular complexity index is 331. The van der Waals surface area contributed by atoms with Crippen LogP contribution in [0.2, 0.25) is 0 Å². The molecule has 0 aromatic heterocycles. The van der Waals surface area contributed by atoms with Crippen molar-refractivity contribution in [3.8, 4) is 0 Å². The number of carbonyl (C=O) groups excluding carboxylic acids is 2. The molecule has 0 heterocycles. The minimum atomic E-state index is -1.49. The zero-order valence-corrected chi connectivity index (χ0v) is 18.0. The summed E-state index contributed by atoms with van der Waals surface area (Å²) >= 11 is 0. The zero-order valence-electron chi connectivity index (χ0n) is 12.9. The Morgan fingerprint density at radius 2 is 0.957 bits per heavy atom. The van der Waals surface area contributed by atoms with Gasteiger partial charge in [-0.25, -0.2) is 0 Å². The molecule has 0 aliphatic carbocycles. The number of rotatable bonds is 11. The molecule has 2 N–H and O–H groups in total. The normalized spacial score (nSPS) is 9.30. The molecule has 0 saturated carbocycles. The van der Waals surface area contributed by atoms with Crippen molar-refractivity contribution in [3.05, 3.63) is 0 Å². The molecule has 121 valence electrons. The second-order valence-corrected chi connectivity index (χ2v) is 3.95. The molecule has 10 nitrogen and oxygen atoms in total. The van der Waals surface area contributed by atoms with Gasteiger partial charge >= 0.3 is 71.1 Å². The summed E-state index contributed by atoms with van der Waals surface area (Å²) in [4.78, 5) is 43.9. The first-order valence-electron chi connectivity index (χ1n) is 5.48. The molecule has 23 heavy (non-hydrogen) atoms. The first-order valence-corrected chi connectivity index (χ1v) is 5.48. The van der Waals surface area contributed by atoms with Gasteiger partial charge in [-0.3, -0.25) is 19.4 Å². The molecular formula is C10H14MnN2Na2O8. The van der Waals surface area contributed by atoms with Gasteiger partial charge in [-0.2, -0.15) is 0 Å². The maximum Gasteiger partial charge on any atom is 1.00 e. The van der Waals surface area contributed by atoms with E-state index in [1.54, 1.807) is 0 Å². The van der Waals surface area contributed by atoms with Crippen molar-refractivity contribution in [3.63, 3.8) is 0 Å². The van der Waals surface area contributed by atoms with E-state index in [0.29, 0.717) is 0 Å². The largest absolute Gasteiger partial charge is 1.00 e. The SMILES string of the molecule is O=C([O-])CN(CCN(CC(=O)[O-])CC(=O)O)CC(=O)O.[Mn].[Na+].[Na+]. The van der Waals surface area contributed by atoms with Gasteiger partial charge in [0.15, 0.2) is 0 Å². The minimum absolute atomic E-state index is 0. The van der Waals surface area contributed by atoms with Gasteiger partial charge in [0, 0.05) is 43.2 Å². The molecule has 0 saturated heterocycles. The van der Waals surface area contributed by atoms with Crippen molar-refractivity contribution in [2.24, 2.45) is 0 Å². The van der Waals surface area contributed by atoms with Crippen LogP contribution in [0, 0.1) is 0 Å². The molecule has 13 heteroatoms. The average Bonchev–Trinajstić information content (AvgIpc) is 2.22. The zero-order chi connectivity index (χ0) is 15.7. The van der Waals surface area contributed by atoms with Crippen LogP contribution in [0.3, 0.4) is 0 Å². The number of aliphatic carboxylic acids is 4. The molecule has 0 aromatic carbocycles. The Balaban J connectivity index is -0.000000602. The van der Waals surface area contributed by atoms with Gasteiger partial charge in [0.1, 0.15) is 0 Å². The number of nitrogens with zero attached hydrogens (tertiary/aromatic N) is 2. The Labute approximate surface area is 187 Å². The smallest absolute Gasteiger partial charge is 0.549 e. The van der Waals surface area contributed by atoms with E-state index in [1.807, 2.05) is 0 Å². The van der Waals surface area contributed by atoms with Crippen LogP contribution in [-0.4, -0.2) is 83.2 Å². The molecule has 0 amide bonds. The summed E-state index contributed by atoms with van der Waals surface area (Å²) in [6.45, 7) is -2.75. The summed E-state index contributed by atoms with van der Waals surface area (Å²) in [6, 6.07) is 0.